The highest BCUT2D eigenvalue weighted by Crippen LogP contribution is 2.30. The van der Waals surface area contributed by atoms with Crippen molar-refractivity contribution in [3.05, 3.63) is 69.3 Å². The number of fused-ring (bicyclic) bond motifs is 1. The highest BCUT2D eigenvalue weighted by Gasteiger charge is 2.33. The van der Waals surface area contributed by atoms with Gasteiger partial charge in [0.25, 0.3) is 5.91 Å². The van der Waals surface area contributed by atoms with Crippen LogP contribution in [-0.4, -0.2) is 29.9 Å². The first-order valence-electron chi connectivity index (χ1n) is 8.53. The minimum absolute atomic E-state index is 0.100. The SMILES string of the molecule is CCN1C(=O)C(=Nn2c(-c3cccc(Cl)c3)csc2=NC)c2ccccc21. The molecule has 136 valence electrons. The van der Waals surface area contributed by atoms with E-state index in [0.717, 1.165) is 22.5 Å². The molecule has 27 heavy (non-hydrogen) atoms. The Morgan fingerprint density at radius 3 is 2.70 bits per heavy atom. The minimum atomic E-state index is -0.100. The maximum absolute atomic E-state index is 13.0. The molecule has 1 amide bonds. The Kier molecular flexibility index (Phi) is 4.68. The lowest BCUT2D eigenvalue weighted by atomic mass is 10.1. The molecule has 1 aliphatic heterocycles. The van der Waals surface area contributed by atoms with E-state index >= 15 is 0 Å². The number of benzene rings is 2. The normalized spacial score (nSPS) is 15.7. The largest absolute Gasteiger partial charge is 0.307 e. The van der Waals surface area contributed by atoms with Crippen LogP contribution in [0.3, 0.4) is 0 Å². The second kappa shape index (κ2) is 7.13. The topological polar surface area (TPSA) is 50.0 Å². The number of nitrogens with zero attached hydrogens (tertiary/aromatic N) is 4. The van der Waals surface area contributed by atoms with Crippen LogP contribution in [0, 0.1) is 0 Å². The van der Waals surface area contributed by atoms with Crippen LogP contribution >= 0.6 is 22.9 Å². The molecule has 1 aromatic heterocycles. The number of carbonyl (C=O) groups is 1. The molecule has 0 N–H and O–H groups in total. The lowest BCUT2D eigenvalue weighted by Crippen LogP contribution is -2.30. The van der Waals surface area contributed by atoms with Crippen LogP contribution in [-0.2, 0) is 4.79 Å². The summed E-state index contributed by atoms with van der Waals surface area (Å²) in [5.41, 5.74) is 3.91. The third-order valence-electron chi connectivity index (χ3n) is 4.41. The highest BCUT2D eigenvalue weighted by molar-refractivity contribution is 7.07. The van der Waals surface area contributed by atoms with Crippen LogP contribution in [0.15, 0.2) is 64.0 Å². The van der Waals surface area contributed by atoms with Gasteiger partial charge in [-0.3, -0.25) is 9.79 Å². The number of carbonyl (C=O) groups excluding carboxylic acids is 1. The fourth-order valence-electron chi connectivity index (χ4n) is 3.17. The molecule has 0 unspecified atom stereocenters. The Labute approximate surface area is 165 Å². The van der Waals surface area contributed by atoms with Gasteiger partial charge in [0.1, 0.15) is 0 Å². The Morgan fingerprint density at radius 1 is 1.15 bits per heavy atom. The molecule has 4 rings (SSSR count). The molecular formula is C20H17ClN4OS. The van der Waals surface area contributed by atoms with Gasteiger partial charge < -0.3 is 4.90 Å². The number of amides is 1. The fraction of sp³-hybridized carbons (Fsp3) is 0.150. The third-order valence-corrected chi connectivity index (χ3v) is 5.55. The Morgan fingerprint density at radius 2 is 1.96 bits per heavy atom. The van der Waals surface area contributed by atoms with E-state index in [0.29, 0.717) is 22.1 Å². The fourth-order valence-corrected chi connectivity index (χ4v) is 4.15. The summed E-state index contributed by atoms with van der Waals surface area (Å²) in [4.78, 5) is 19.7. The monoisotopic (exact) mass is 396 g/mol. The Hall–Kier alpha value is -2.70. The quantitative estimate of drug-likeness (QED) is 0.659. The van der Waals surface area contributed by atoms with Gasteiger partial charge in [0.05, 0.1) is 11.4 Å². The van der Waals surface area contributed by atoms with Gasteiger partial charge in [-0.05, 0) is 25.1 Å². The number of para-hydroxylation sites is 1. The van der Waals surface area contributed by atoms with Crippen LogP contribution in [0.25, 0.3) is 11.3 Å². The lowest BCUT2D eigenvalue weighted by Gasteiger charge is -2.13. The smallest absolute Gasteiger partial charge is 0.279 e. The van der Waals surface area contributed by atoms with Gasteiger partial charge in [-0.25, -0.2) is 4.68 Å². The van der Waals surface area contributed by atoms with Crippen molar-refractivity contribution in [2.24, 2.45) is 10.1 Å². The summed E-state index contributed by atoms with van der Waals surface area (Å²) < 4.78 is 1.72. The number of halogens is 1. The predicted molar refractivity (Wildman–Crippen MR) is 111 cm³/mol. The van der Waals surface area contributed by atoms with E-state index in [1.54, 1.807) is 16.6 Å². The number of thiazole rings is 1. The molecule has 0 fully saturated rings. The molecule has 0 atom stereocenters. The zero-order valence-electron chi connectivity index (χ0n) is 14.9. The van der Waals surface area contributed by atoms with Crippen molar-refractivity contribution in [3.63, 3.8) is 0 Å². The third kappa shape index (κ3) is 3.01. The molecule has 3 aromatic rings. The van der Waals surface area contributed by atoms with E-state index in [1.165, 1.54) is 11.3 Å². The Balaban J connectivity index is 1.93. The summed E-state index contributed by atoms with van der Waals surface area (Å²) >= 11 is 7.63. The van der Waals surface area contributed by atoms with Crippen molar-refractivity contribution in [2.75, 3.05) is 18.5 Å². The van der Waals surface area contributed by atoms with E-state index in [-0.39, 0.29) is 5.91 Å². The highest BCUT2D eigenvalue weighted by atomic mass is 35.5. The summed E-state index contributed by atoms with van der Waals surface area (Å²) in [7, 11) is 1.72. The standard InChI is InChI=1S/C20H17ClN4OS/c1-3-24-16-10-5-4-9-15(16)18(19(24)26)23-25-17(12-27-20(25)22-2)13-7-6-8-14(21)11-13/h4-12H,3H2,1-2H3. The van der Waals surface area contributed by atoms with Crippen molar-refractivity contribution >= 4 is 40.2 Å². The molecule has 0 saturated carbocycles. The van der Waals surface area contributed by atoms with Gasteiger partial charge in [-0.2, -0.15) is 5.10 Å². The maximum atomic E-state index is 13.0. The van der Waals surface area contributed by atoms with E-state index in [2.05, 4.69) is 4.99 Å². The number of rotatable bonds is 3. The van der Waals surface area contributed by atoms with Gasteiger partial charge in [-0.1, -0.05) is 41.9 Å². The van der Waals surface area contributed by atoms with E-state index < -0.39 is 0 Å². The Bertz CT molecular complexity index is 1130. The molecule has 0 spiro atoms. The lowest BCUT2D eigenvalue weighted by molar-refractivity contribution is -0.112. The molecule has 5 nitrogen and oxygen atoms in total. The second-order valence-corrected chi connectivity index (χ2v) is 7.24. The predicted octanol–water partition coefficient (Wildman–Crippen LogP) is 4.02. The molecule has 1 aliphatic rings. The number of anilines is 1. The molecule has 7 heteroatoms. The molecule has 2 aromatic carbocycles. The van der Waals surface area contributed by atoms with Gasteiger partial charge >= 0.3 is 0 Å². The molecular weight excluding hydrogens is 380 g/mol. The molecule has 0 saturated heterocycles. The zero-order chi connectivity index (χ0) is 19.0. The first-order valence-corrected chi connectivity index (χ1v) is 9.79. The molecule has 0 aliphatic carbocycles. The van der Waals surface area contributed by atoms with Crippen molar-refractivity contribution in [1.29, 1.82) is 0 Å². The van der Waals surface area contributed by atoms with E-state index in [4.69, 9.17) is 16.7 Å². The zero-order valence-corrected chi connectivity index (χ0v) is 16.5. The van der Waals surface area contributed by atoms with Crippen LogP contribution in [0.5, 0.6) is 0 Å². The average Bonchev–Trinajstić information content (AvgIpc) is 3.21. The number of hydrogen-bond donors (Lipinski definition) is 0. The average molecular weight is 397 g/mol. The van der Waals surface area contributed by atoms with Crippen LogP contribution in [0.1, 0.15) is 12.5 Å². The first-order chi connectivity index (χ1) is 13.1. The summed E-state index contributed by atoms with van der Waals surface area (Å²) in [6.07, 6.45) is 0. The molecule has 2 heterocycles. The van der Waals surface area contributed by atoms with Crippen LogP contribution < -0.4 is 9.70 Å². The minimum Gasteiger partial charge on any atom is -0.307 e. The van der Waals surface area contributed by atoms with E-state index in [1.807, 2.05) is 60.8 Å². The first kappa shape index (κ1) is 17.7. The van der Waals surface area contributed by atoms with Crippen molar-refractivity contribution in [3.8, 4) is 11.3 Å². The number of aromatic nitrogens is 1. The van der Waals surface area contributed by atoms with Gasteiger partial charge in [0.15, 0.2) is 5.71 Å². The summed E-state index contributed by atoms with van der Waals surface area (Å²) in [6.45, 7) is 2.55. The number of likely N-dealkylation sites (N-methyl/N-ethyl adjacent to an activating group) is 1. The van der Waals surface area contributed by atoms with Crippen molar-refractivity contribution in [1.82, 2.24) is 4.68 Å². The molecule has 0 bridgehead atoms. The molecule has 0 radical (unpaired) electrons. The van der Waals surface area contributed by atoms with Crippen LogP contribution in [0.2, 0.25) is 5.02 Å². The van der Waals surface area contributed by atoms with Gasteiger partial charge in [0, 0.05) is 35.1 Å². The van der Waals surface area contributed by atoms with Crippen molar-refractivity contribution < 1.29 is 4.79 Å². The second-order valence-electron chi connectivity index (χ2n) is 5.96. The summed E-state index contributed by atoms with van der Waals surface area (Å²) in [5.74, 6) is -0.100. The summed E-state index contributed by atoms with van der Waals surface area (Å²) in [6, 6.07) is 15.3. The summed E-state index contributed by atoms with van der Waals surface area (Å²) in [5, 5.41) is 7.35. The van der Waals surface area contributed by atoms with Crippen LogP contribution in [0.4, 0.5) is 5.69 Å². The van der Waals surface area contributed by atoms with Gasteiger partial charge in [0.2, 0.25) is 4.80 Å². The van der Waals surface area contributed by atoms with Crippen molar-refractivity contribution in [2.45, 2.75) is 6.92 Å². The number of hydrogen-bond acceptors (Lipinski definition) is 4. The van der Waals surface area contributed by atoms with Gasteiger partial charge in [-0.15, -0.1) is 11.3 Å². The van der Waals surface area contributed by atoms with E-state index in [9.17, 15) is 4.79 Å². The maximum Gasteiger partial charge on any atom is 0.279 e.